The second kappa shape index (κ2) is 6.26. The first-order chi connectivity index (χ1) is 8.74. The number of hydrogen-bond acceptors (Lipinski definition) is 3. The Morgan fingerprint density at radius 2 is 2.06 bits per heavy atom. The van der Waals surface area contributed by atoms with Gasteiger partial charge in [0.2, 0.25) is 0 Å². The van der Waals surface area contributed by atoms with E-state index < -0.39 is 0 Å². The fraction of sp³-hybridized carbons (Fsp3) is 0.333. The molecular weight excluding hydrogens is 226 g/mol. The highest BCUT2D eigenvalue weighted by molar-refractivity contribution is 5.28. The van der Waals surface area contributed by atoms with E-state index in [0.29, 0.717) is 0 Å². The number of rotatable bonds is 6. The SMILES string of the molecule is CC(C)Oc1cccc(CNCc2ccco2)c1. The molecule has 0 saturated carbocycles. The van der Waals surface area contributed by atoms with E-state index in [-0.39, 0.29) is 6.10 Å². The van der Waals surface area contributed by atoms with Gasteiger partial charge in [0.15, 0.2) is 0 Å². The molecule has 0 saturated heterocycles. The third-order valence-corrected chi connectivity index (χ3v) is 2.48. The van der Waals surface area contributed by atoms with Crippen molar-refractivity contribution in [3.8, 4) is 5.75 Å². The van der Waals surface area contributed by atoms with Crippen molar-refractivity contribution in [3.63, 3.8) is 0 Å². The lowest BCUT2D eigenvalue weighted by molar-refractivity contribution is 0.242. The maximum Gasteiger partial charge on any atom is 0.120 e. The van der Waals surface area contributed by atoms with Crippen LogP contribution in [0.3, 0.4) is 0 Å². The van der Waals surface area contributed by atoms with E-state index >= 15 is 0 Å². The quantitative estimate of drug-likeness (QED) is 0.847. The zero-order valence-corrected chi connectivity index (χ0v) is 10.8. The summed E-state index contributed by atoms with van der Waals surface area (Å²) in [6.07, 6.45) is 1.89. The largest absolute Gasteiger partial charge is 0.491 e. The Hall–Kier alpha value is -1.74. The topological polar surface area (TPSA) is 34.4 Å². The van der Waals surface area contributed by atoms with Gasteiger partial charge in [-0.15, -0.1) is 0 Å². The summed E-state index contributed by atoms with van der Waals surface area (Å²) < 4.78 is 10.9. The molecule has 0 spiro atoms. The molecule has 0 aliphatic heterocycles. The Balaban J connectivity index is 1.85. The Kier molecular flexibility index (Phi) is 4.42. The minimum Gasteiger partial charge on any atom is -0.491 e. The second-order valence-corrected chi connectivity index (χ2v) is 4.50. The van der Waals surface area contributed by atoms with E-state index in [4.69, 9.17) is 9.15 Å². The van der Waals surface area contributed by atoms with Crippen molar-refractivity contribution < 1.29 is 9.15 Å². The van der Waals surface area contributed by atoms with Crippen molar-refractivity contribution >= 4 is 0 Å². The number of hydrogen-bond donors (Lipinski definition) is 1. The van der Waals surface area contributed by atoms with E-state index in [1.807, 2.05) is 38.1 Å². The zero-order chi connectivity index (χ0) is 12.8. The Bertz CT molecular complexity index is 463. The van der Waals surface area contributed by atoms with Gasteiger partial charge in [-0.05, 0) is 43.7 Å². The van der Waals surface area contributed by atoms with Gasteiger partial charge in [-0.3, -0.25) is 0 Å². The van der Waals surface area contributed by atoms with Gasteiger partial charge in [0.1, 0.15) is 11.5 Å². The number of furan rings is 1. The van der Waals surface area contributed by atoms with Crippen molar-refractivity contribution in [2.75, 3.05) is 0 Å². The summed E-state index contributed by atoms with van der Waals surface area (Å²) in [5.74, 6) is 1.87. The maximum atomic E-state index is 5.66. The molecule has 3 nitrogen and oxygen atoms in total. The smallest absolute Gasteiger partial charge is 0.120 e. The first-order valence-electron chi connectivity index (χ1n) is 6.23. The van der Waals surface area contributed by atoms with E-state index in [1.54, 1.807) is 6.26 Å². The molecule has 18 heavy (non-hydrogen) atoms. The second-order valence-electron chi connectivity index (χ2n) is 4.50. The van der Waals surface area contributed by atoms with Gasteiger partial charge >= 0.3 is 0 Å². The van der Waals surface area contributed by atoms with Crippen LogP contribution in [0.5, 0.6) is 5.75 Å². The summed E-state index contributed by atoms with van der Waals surface area (Å²) in [7, 11) is 0. The van der Waals surface area contributed by atoms with Crippen LogP contribution in [-0.4, -0.2) is 6.10 Å². The monoisotopic (exact) mass is 245 g/mol. The molecule has 3 heteroatoms. The molecule has 2 rings (SSSR count). The van der Waals surface area contributed by atoms with E-state index in [2.05, 4.69) is 17.4 Å². The standard InChI is InChI=1S/C15H19NO2/c1-12(2)18-14-6-3-5-13(9-14)10-16-11-15-7-4-8-17-15/h3-9,12,16H,10-11H2,1-2H3. The summed E-state index contributed by atoms with van der Waals surface area (Å²) in [4.78, 5) is 0. The summed E-state index contributed by atoms with van der Waals surface area (Å²) >= 11 is 0. The van der Waals surface area contributed by atoms with E-state index in [1.165, 1.54) is 5.56 Å². The van der Waals surface area contributed by atoms with Crippen molar-refractivity contribution in [1.29, 1.82) is 0 Å². The lowest BCUT2D eigenvalue weighted by atomic mass is 10.2. The molecule has 0 unspecified atom stereocenters. The van der Waals surface area contributed by atoms with Crippen LogP contribution >= 0.6 is 0 Å². The summed E-state index contributed by atoms with van der Waals surface area (Å²) in [6, 6.07) is 12.0. The van der Waals surface area contributed by atoms with Gasteiger partial charge in [-0.25, -0.2) is 0 Å². The lowest BCUT2D eigenvalue weighted by Crippen LogP contribution is -2.12. The number of ether oxygens (including phenoxy) is 1. The lowest BCUT2D eigenvalue weighted by Gasteiger charge is -2.11. The summed E-state index contributed by atoms with van der Waals surface area (Å²) in [5.41, 5.74) is 1.21. The molecular formula is C15H19NO2. The molecule has 1 aromatic heterocycles. The number of nitrogens with one attached hydrogen (secondary N) is 1. The highest BCUT2D eigenvalue weighted by Gasteiger charge is 2.00. The number of benzene rings is 1. The average molecular weight is 245 g/mol. The van der Waals surface area contributed by atoms with Gasteiger partial charge in [0.05, 0.1) is 18.9 Å². The average Bonchev–Trinajstić information content (AvgIpc) is 2.82. The highest BCUT2D eigenvalue weighted by atomic mass is 16.5. The summed E-state index contributed by atoms with van der Waals surface area (Å²) in [5, 5.41) is 3.34. The van der Waals surface area contributed by atoms with Crippen molar-refractivity contribution in [2.45, 2.75) is 33.0 Å². The first-order valence-corrected chi connectivity index (χ1v) is 6.23. The van der Waals surface area contributed by atoms with E-state index in [0.717, 1.165) is 24.6 Å². The van der Waals surface area contributed by atoms with Crippen LogP contribution < -0.4 is 10.1 Å². The Labute approximate surface area is 108 Å². The van der Waals surface area contributed by atoms with Crippen LogP contribution in [0, 0.1) is 0 Å². The van der Waals surface area contributed by atoms with Gasteiger partial charge in [-0.1, -0.05) is 12.1 Å². The maximum absolute atomic E-state index is 5.66. The fourth-order valence-corrected chi connectivity index (χ4v) is 1.74. The molecule has 0 aliphatic carbocycles. The van der Waals surface area contributed by atoms with Crippen molar-refractivity contribution in [1.82, 2.24) is 5.32 Å². The van der Waals surface area contributed by atoms with Crippen molar-refractivity contribution in [2.24, 2.45) is 0 Å². The van der Waals surface area contributed by atoms with E-state index in [9.17, 15) is 0 Å². The molecule has 1 aromatic carbocycles. The van der Waals surface area contributed by atoms with Crippen molar-refractivity contribution in [3.05, 3.63) is 54.0 Å². The minimum absolute atomic E-state index is 0.205. The van der Waals surface area contributed by atoms with Crippen LogP contribution in [0.2, 0.25) is 0 Å². The van der Waals surface area contributed by atoms with Crippen LogP contribution in [0.1, 0.15) is 25.2 Å². The van der Waals surface area contributed by atoms with Gasteiger partial charge in [0, 0.05) is 6.54 Å². The van der Waals surface area contributed by atoms with Gasteiger partial charge in [-0.2, -0.15) is 0 Å². The molecule has 1 heterocycles. The highest BCUT2D eigenvalue weighted by Crippen LogP contribution is 2.14. The van der Waals surface area contributed by atoms with Crippen LogP contribution in [0.4, 0.5) is 0 Å². The van der Waals surface area contributed by atoms with Gasteiger partial charge in [0.25, 0.3) is 0 Å². The third-order valence-electron chi connectivity index (χ3n) is 2.48. The predicted octanol–water partition coefficient (Wildman–Crippen LogP) is 3.36. The van der Waals surface area contributed by atoms with Gasteiger partial charge < -0.3 is 14.5 Å². The molecule has 96 valence electrons. The molecule has 0 aliphatic rings. The minimum atomic E-state index is 0.205. The Morgan fingerprint density at radius 1 is 1.17 bits per heavy atom. The molecule has 1 N–H and O–H groups in total. The first kappa shape index (κ1) is 12.7. The molecule has 0 radical (unpaired) electrons. The van der Waals surface area contributed by atoms with Crippen LogP contribution in [-0.2, 0) is 13.1 Å². The zero-order valence-electron chi connectivity index (χ0n) is 10.8. The normalized spacial score (nSPS) is 10.8. The predicted molar refractivity (Wildman–Crippen MR) is 71.5 cm³/mol. The molecule has 0 bridgehead atoms. The Morgan fingerprint density at radius 3 is 2.78 bits per heavy atom. The molecule has 0 atom stereocenters. The molecule has 0 fully saturated rings. The van der Waals surface area contributed by atoms with Crippen LogP contribution in [0.25, 0.3) is 0 Å². The summed E-state index contributed by atoms with van der Waals surface area (Å²) in [6.45, 7) is 5.60. The van der Waals surface area contributed by atoms with Crippen LogP contribution in [0.15, 0.2) is 47.1 Å². The molecule has 0 amide bonds. The fourth-order valence-electron chi connectivity index (χ4n) is 1.74. The molecule has 2 aromatic rings. The third kappa shape index (κ3) is 3.93.